The van der Waals surface area contributed by atoms with Crippen molar-refractivity contribution >= 4 is 17.5 Å². The van der Waals surface area contributed by atoms with Crippen LogP contribution in [0.25, 0.3) is 11.3 Å². The summed E-state index contributed by atoms with van der Waals surface area (Å²) in [6.07, 6.45) is 1.77. The topological polar surface area (TPSA) is 67.6 Å². The number of pyridine rings is 1. The molecule has 4 rings (SSSR count). The minimum absolute atomic E-state index is 0.0259. The average molecular weight is 412 g/mol. The van der Waals surface area contributed by atoms with Gasteiger partial charge in [0.05, 0.1) is 30.0 Å². The maximum absolute atomic E-state index is 12.7. The van der Waals surface area contributed by atoms with Gasteiger partial charge in [0.15, 0.2) is 5.76 Å². The van der Waals surface area contributed by atoms with Crippen LogP contribution in [-0.2, 0) is 4.74 Å². The number of morpholine rings is 1. The van der Waals surface area contributed by atoms with E-state index in [0.29, 0.717) is 30.5 Å². The lowest BCUT2D eigenvalue weighted by Crippen LogP contribution is -2.44. The van der Waals surface area contributed by atoms with Crippen molar-refractivity contribution in [1.29, 1.82) is 0 Å². The molecule has 3 heterocycles. The van der Waals surface area contributed by atoms with Crippen LogP contribution in [0.3, 0.4) is 0 Å². The number of carbonyl (C=O) groups excluding carboxylic acids is 1. The minimum atomic E-state index is -0.266. The first kappa shape index (κ1) is 19.6. The highest BCUT2D eigenvalue weighted by Crippen LogP contribution is 2.29. The molecule has 0 radical (unpaired) electrons. The highest BCUT2D eigenvalue weighted by atomic mass is 35.5. The summed E-state index contributed by atoms with van der Waals surface area (Å²) in [4.78, 5) is 19.5. The van der Waals surface area contributed by atoms with Crippen molar-refractivity contribution in [3.8, 4) is 11.3 Å². The van der Waals surface area contributed by atoms with E-state index in [1.807, 2.05) is 36.4 Å². The van der Waals surface area contributed by atoms with Crippen LogP contribution in [0.5, 0.6) is 0 Å². The number of ether oxygens (including phenoxy) is 1. The van der Waals surface area contributed by atoms with Crippen LogP contribution in [0, 0.1) is 0 Å². The van der Waals surface area contributed by atoms with Crippen LogP contribution < -0.4 is 5.32 Å². The lowest BCUT2D eigenvalue weighted by Gasteiger charge is -2.34. The molecule has 0 bridgehead atoms. The van der Waals surface area contributed by atoms with E-state index in [-0.39, 0.29) is 17.7 Å². The van der Waals surface area contributed by atoms with Gasteiger partial charge in [-0.15, -0.1) is 0 Å². The molecule has 6 nitrogen and oxygen atoms in total. The number of carbonyl (C=O) groups is 1. The van der Waals surface area contributed by atoms with Gasteiger partial charge in [0, 0.05) is 31.4 Å². The summed E-state index contributed by atoms with van der Waals surface area (Å²) < 4.78 is 11.2. The molecule has 1 fully saturated rings. The molecule has 1 amide bonds. The van der Waals surface area contributed by atoms with Crippen molar-refractivity contribution in [3.63, 3.8) is 0 Å². The van der Waals surface area contributed by atoms with E-state index in [1.54, 1.807) is 24.4 Å². The molecular weight excluding hydrogens is 390 g/mol. The summed E-state index contributed by atoms with van der Waals surface area (Å²) in [5, 5.41) is 3.57. The minimum Gasteiger partial charge on any atom is -0.451 e. The molecule has 1 N–H and O–H groups in total. The molecule has 1 atom stereocenters. The number of rotatable bonds is 6. The molecule has 2 aromatic heterocycles. The zero-order chi connectivity index (χ0) is 20.1. The maximum atomic E-state index is 12.7. The third kappa shape index (κ3) is 4.67. The summed E-state index contributed by atoms with van der Waals surface area (Å²) in [5.41, 5.74) is 1.68. The molecule has 1 aromatic carbocycles. The van der Waals surface area contributed by atoms with Crippen molar-refractivity contribution in [2.45, 2.75) is 6.04 Å². The van der Waals surface area contributed by atoms with E-state index < -0.39 is 0 Å². The van der Waals surface area contributed by atoms with Gasteiger partial charge in [0.1, 0.15) is 5.76 Å². The second-order valence-corrected chi connectivity index (χ2v) is 7.18. The van der Waals surface area contributed by atoms with Crippen LogP contribution in [0.4, 0.5) is 0 Å². The Bertz CT molecular complexity index is 955. The van der Waals surface area contributed by atoms with Crippen molar-refractivity contribution in [2.24, 2.45) is 0 Å². The zero-order valence-corrected chi connectivity index (χ0v) is 16.6. The standard InChI is InChI=1S/C22H22ClN3O3/c23-17-6-2-1-5-16(17)20-8-9-21(29-20)22(27)25-15-19(18-7-3-4-10-24-18)26-11-13-28-14-12-26/h1-10,19H,11-15H2,(H,25,27). The molecule has 1 unspecified atom stereocenters. The normalized spacial score (nSPS) is 15.8. The second kappa shape index (κ2) is 9.22. The van der Waals surface area contributed by atoms with E-state index in [9.17, 15) is 4.79 Å². The predicted molar refractivity (Wildman–Crippen MR) is 111 cm³/mol. The first-order chi connectivity index (χ1) is 14.2. The Morgan fingerprint density at radius 2 is 1.90 bits per heavy atom. The molecule has 3 aromatic rings. The predicted octanol–water partition coefficient (Wildman–Crippen LogP) is 3.80. The van der Waals surface area contributed by atoms with Gasteiger partial charge in [-0.05, 0) is 36.4 Å². The van der Waals surface area contributed by atoms with Crippen molar-refractivity contribution < 1.29 is 13.9 Å². The molecule has 29 heavy (non-hydrogen) atoms. The van der Waals surface area contributed by atoms with E-state index in [1.165, 1.54) is 0 Å². The molecule has 1 saturated heterocycles. The van der Waals surface area contributed by atoms with Crippen LogP contribution in [-0.4, -0.2) is 48.6 Å². The van der Waals surface area contributed by atoms with Gasteiger partial charge >= 0.3 is 0 Å². The summed E-state index contributed by atoms with van der Waals surface area (Å²) in [6.45, 7) is 3.38. The number of hydrogen-bond acceptors (Lipinski definition) is 5. The quantitative estimate of drug-likeness (QED) is 0.668. The lowest BCUT2D eigenvalue weighted by atomic mass is 10.1. The monoisotopic (exact) mass is 411 g/mol. The molecule has 7 heteroatoms. The van der Waals surface area contributed by atoms with Gasteiger partial charge in [-0.3, -0.25) is 14.7 Å². The molecular formula is C22H22ClN3O3. The van der Waals surface area contributed by atoms with Gasteiger partial charge in [-0.25, -0.2) is 0 Å². The van der Waals surface area contributed by atoms with Crippen LogP contribution in [0.2, 0.25) is 5.02 Å². The lowest BCUT2D eigenvalue weighted by molar-refractivity contribution is 0.0153. The SMILES string of the molecule is O=C(NCC(c1ccccn1)N1CCOCC1)c1ccc(-c2ccccc2Cl)o1. The summed E-state index contributed by atoms with van der Waals surface area (Å²) in [5.74, 6) is 0.550. The number of hydrogen-bond donors (Lipinski definition) is 1. The zero-order valence-electron chi connectivity index (χ0n) is 15.9. The average Bonchev–Trinajstić information content (AvgIpc) is 3.26. The van der Waals surface area contributed by atoms with Crippen LogP contribution in [0.1, 0.15) is 22.3 Å². The first-order valence-corrected chi connectivity index (χ1v) is 9.96. The fourth-order valence-corrected chi connectivity index (χ4v) is 3.65. The van der Waals surface area contributed by atoms with Gasteiger partial charge in [0.25, 0.3) is 5.91 Å². The van der Waals surface area contributed by atoms with Crippen molar-refractivity contribution in [3.05, 3.63) is 77.3 Å². The Hall–Kier alpha value is -2.67. The molecule has 150 valence electrons. The number of aromatic nitrogens is 1. The number of nitrogens with zero attached hydrogens (tertiary/aromatic N) is 2. The Kier molecular flexibility index (Phi) is 6.24. The fourth-order valence-electron chi connectivity index (χ4n) is 3.43. The van der Waals surface area contributed by atoms with Crippen molar-refractivity contribution in [2.75, 3.05) is 32.8 Å². The van der Waals surface area contributed by atoms with E-state index >= 15 is 0 Å². The second-order valence-electron chi connectivity index (χ2n) is 6.77. The van der Waals surface area contributed by atoms with Crippen LogP contribution >= 0.6 is 11.6 Å². The van der Waals surface area contributed by atoms with Gasteiger partial charge in [-0.2, -0.15) is 0 Å². The largest absolute Gasteiger partial charge is 0.451 e. The number of nitrogens with one attached hydrogen (secondary N) is 1. The summed E-state index contributed by atoms with van der Waals surface area (Å²) in [6, 6.07) is 16.6. The van der Waals surface area contributed by atoms with E-state index in [4.69, 9.17) is 20.8 Å². The Balaban J connectivity index is 1.46. The molecule has 1 aliphatic rings. The Morgan fingerprint density at radius 1 is 1.10 bits per heavy atom. The smallest absolute Gasteiger partial charge is 0.287 e. The third-order valence-corrected chi connectivity index (χ3v) is 5.27. The third-order valence-electron chi connectivity index (χ3n) is 4.94. The van der Waals surface area contributed by atoms with Gasteiger partial charge in [-0.1, -0.05) is 29.8 Å². The molecule has 1 aliphatic heterocycles. The van der Waals surface area contributed by atoms with Gasteiger partial charge < -0.3 is 14.5 Å². The number of benzene rings is 1. The fraction of sp³-hybridized carbons (Fsp3) is 0.273. The number of halogens is 1. The molecule has 0 spiro atoms. The van der Waals surface area contributed by atoms with Gasteiger partial charge in [0.2, 0.25) is 0 Å². The van der Waals surface area contributed by atoms with E-state index in [2.05, 4.69) is 15.2 Å². The Morgan fingerprint density at radius 3 is 2.66 bits per heavy atom. The maximum Gasteiger partial charge on any atom is 0.287 e. The number of amides is 1. The van der Waals surface area contributed by atoms with Crippen LogP contribution in [0.15, 0.2) is 65.2 Å². The first-order valence-electron chi connectivity index (χ1n) is 9.58. The highest BCUT2D eigenvalue weighted by molar-refractivity contribution is 6.33. The number of furan rings is 1. The molecule has 0 aliphatic carbocycles. The molecule has 0 saturated carbocycles. The highest BCUT2D eigenvalue weighted by Gasteiger charge is 2.25. The summed E-state index contributed by atoms with van der Waals surface area (Å²) in [7, 11) is 0. The van der Waals surface area contributed by atoms with E-state index in [0.717, 1.165) is 24.3 Å². The summed E-state index contributed by atoms with van der Waals surface area (Å²) >= 11 is 6.22. The van der Waals surface area contributed by atoms with Crippen molar-refractivity contribution in [1.82, 2.24) is 15.2 Å². The Labute approximate surface area is 174 Å².